The summed E-state index contributed by atoms with van der Waals surface area (Å²) in [5, 5.41) is 2.11. The lowest BCUT2D eigenvalue weighted by Gasteiger charge is -2.32. The first-order valence-electron chi connectivity index (χ1n) is 25.9. The lowest BCUT2D eigenvalue weighted by Crippen LogP contribution is -2.27. The SMILES string of the molecule is CC(C)(C)c1ccnc(-n2c3ccccc3c3ccc(Oc4cc(-c5cc(-c6ccccc6)cc(-c6ccccc6)c5)cc(N5CN(c6c(-c7c(F)c(F)c(F)c(F)c7F)cccc6C(C)(C)C)c6ccccc65)c4)cc32)c1. The normalized spacial score (nSPS) is 12.7. The minimum atomic E-state index is -2.21. The first-order chi connectivity index (χ1) is 37.5. The standard InChI is InChI=1S/C68H53F5N4O/c1-67(2,3)47-30-31-74-59(37-47)77-55-25-14-13-22-51(55)52-29-28-49(39-58(52)77)78-50-36-46(45-33-43(41-18-9-7-10-19-41)32-44(34-45)42-20-11-8-12-21-42)35-48(38-50)75-40-76(57-27-16-15-26-56(57)75)66-53(23-17-24-54(66)68(4,5)6)60-61(69)63(71)65(73)64(72)62(60)70/h7-39H,40H2,1-6H3. The molecule has 78 heavy (non-hydrogen) atoms. The molecule has 0 bridgehead atoms. The molecule has 0 unspecified atom stereocenters. The fourth-order valence-electron chi connectivity index (χ4n) is 10.9. The fraction of sp³-hybridized carbons (Fsp3) is 0.132. The van der Waals surface area contributed by atoms with E-state index >= 15 is 17.6 Å². The molecular formula is C68H53F5N4O. The van der Waals surface area contributed by atoms with E-state index in [1.807, 2.05) is 135 Å². The number of rotatable bonds is 9. The molecule has 2 aromatic heterocycles. The molecule has 10 heteroatoms. The highest BCUT2D eigenvalue weighted by Crippen LogP contribution is 2.52. The number of benzene rings is 9. The van der Waals surface area contributed by atoms with Crippen molar-refractivity contribution in [3.05, 3.63) is 241 Å². The molecule has 11 aromatic rings. The van der Waals surface area contributed by atoms with Crippen molar-refractivity contribution in [3.63, 3.8) is 0 Å². The highest BCUT2D eigenvalue weighted by Gasteiger charge is 2.36. The van der Waals surface area contributed by atoms with Crippen LogP contribution in [0.1, 0.15) is 52.7 Å². The third-order valence-corrected chi connectivity index (χ3v) is 14.7. The number of hydrogen-bond donors (Lipinski definition) is 0. The Morgan fingerprint density at radius 1 is 0.436 bits per heavy atom. The number of hydrogen-bond acceptors (Lipinski definition) is 4. The lowest BCUT2D eigenvalue weighted by atomic mass is 9.83. The summed E-state index contributed by atoms with van der Waals surface area (Å²) in [6.07, 6.45) is 1.86. The average molecular weight is 1040 g/mol. The van der Waals surface area contributed by atoms with Crippen LogP contribution in [0.2, 0.25) is 0 Å². The van der Waals surface area contributed by atoms with Gasteiger partial charge in [0.2, 0.25) is 5.82 Å². The van der Waals surface area contributed by atoms with Crippen LogP contribution in [-0.4, -0.2) is 16.2 Å². The first-order valence-corrected chi connectivity index (χ1v) is 25.9. The summed E-state index contributed by atoms with van der Waals surface area (Å²) in [7, 11) is 0. The number of aromatic nitrogens is 2. The van der Waals surface area contributed by atoms with Gasteiger partial charge in [0.15, 0.2) is 23.3 Å². The predicted octanol–water partition coefficient (Wildman–Crippen LogP) is 19.2. The second-order valence-corrected chi connectivity index (χ2v) is 21.9. The summed E-state index contributed by atoms with van der Waals surface area (Å²) in [5.41, 5.74) is 10.1. The Hall–Kier alpha value is -9.02. The van der Waals surface area contributed by atoms with E-state index in [9.17, 15) is 4.39 Å². The molecule has 12 rings (SSSR count). The van der Waals surface area contributed by atoms with Crippen LogP contribution in [-0.2, 0) is 10.8 Å². The van der Waals surface area contributed by atoms with Crippen molar-refractivity contribution in [2.45, 2.75) is 52.4 Å². The van der Waals surface area contributed by atoms with Gasteiger partial charge in [-0.3, -0.25) is 4.57 Å². The minimum Gasteiger partial charge on any atom is -0.457 e. The average Bonchev–Trinajstić information content (AvgIpc) is 4.01. The van der Waals surface area contributed by atoms with Crippen molar-refractivity contribution in [1.82, 2.24) is 9.55 Å². The van der Waals surface area contributed by atoms with Gasteiger partial charge in [-0.25, -0.2) is 26.9 Å². The van der Waals surface area contributed by atoms with Gasteiger partial charge >= 0.3 is 0 Å². The second-order valence-electron chi connectivity index (χ2n) is 21.9. The molecule has 0 atom stereocenters. The van der Waals surface area contributed by atoms with Gasteiger partial charge in [-0.2, -0.15) is 0 Å². The molecule has 0 amide bonds. The number of pyridine rings is 1. The summed E-state index contributed by atoms with van der Waals surface area (Å²) >= 11 is 0. The van der Waals surface area contributed by atoms with Gasteiger partial charge in [-0.1, -0.05) is 151 Å². The van der Waals surface area contributed by atoms with Crippen molar-refractivity contribution in [2.24, 2.45) is 0 Å². The minimum absolute atomic E-state index is 0.0870. The quantitative estimate of drug-likeness (QED) is 0.0819. The number of ether oxygens (including phenoxy) is 1. The summed E-state index contributed by atoms with van der Waals surface area (Å²) in [6.45, 7) is 12.5. The van der Waals surface area contributed by atoms with Gasteiger partial charge in [-0.05, 0) is 128 Å². The van der Waals surface area contributed by atoms with Gasteiger partial charge < -0.3 is 14.5 Å². The molecule has 0 N–H and O–H groups in total. The number of para-hydroxylation sites is 4. The number of nitrogens with zero attached hydrogens (tertiary/aromatic N) is 4. The van der Waals surface area contributed by atoms with Crippen molar-refractivity contribution in [1.29, 1.82) is 0 Å². The maximum Gasteiger partial charge on any atom is 0.200 e. The van der Waals surface area contributed by atoms with Crippen LogP contribution in [0.25, 0.3) is 72.1 Å². The highest BCUT2D eigenvalue weighted by atomic mass is 19.2. The van der Waals surface area contributed by atoms with E-state index in [1.54, 1.807) is 6.07 Å². The summed E-state index contributed by atoms with van der Waals surface area (Å²) in [5.74, 6) is -8.15. The maximum atomic E-state index is 16.1. The van der Waals surface area contributed by atoms with Gasteiger partial charge in [0, 0.05) is 40.4 Å². The van der Waals surface area contributed by atoms with Crippen molar-refractivity contribution < 1.29 is 26.7 Å². The highest BCUT2D eigenvalue weighted by molar-refractivity contribution is 6.09. The van der Waals surface area contributed by atoms with Gasteiger partial charge in [0.25, 0.3) is 0 Å². The van der Waals surface area contributed by atoms with E-state index in [2.05, 4.69) is 109 Å². The van der Waals surface area contributed by atoms with E-state index in [4.69, 9.17) is 9.72 Å². The molecule has 0 saturated carbocycles. The molecule has 0 radical (unpaired) electrons. The van der Waals surface area contributed by atoms with E-state index < -0.39 is 40.1 Å². The largest absolute Gasteiger partial charge is 0.457 e. The summed E-state index contributed by atoms with van der Waals surface area (Å²) in [6, 6.07) is 64.2. The van der Waals surface area contributed by atoms with Crippen LogP contribution in [0.15, 0.2) is 200 Å². The van der Waals surface area contributed by atoms with Crippen LogP contribution in [0.5, 0.6) is 11.5 Å². The second kappa shape index (κ2) is 19.2. The maximum absolute atomic E-state index is 16.1. The number of fused-ring (bicyclic) bond motifs is 4. The molecule has 0 spiro atoms. The molecule has 0 saturated heterocycles. The Kier molecular flexibility index (Phi) is 12.3. The molecule has 3 heterocycles. The van der Waals surface area contributed by atoms with Gasteiger partial charge in [-0.15, -0.1) is 0 Å². The Morgan fingerprint density at radius 3 is 1.64 bits per heavy atom. The van der Waals surface area contributed by atoms with Crippen LogP contribution in [0, 0.1) is 29.1 Å². The van der Waals surface area contributed by atoms with E-state index in [-0.39, 0.29) is 17.6 Å². The lowest BCUT2D eigenvalue weighted by molar-refractivity contribution is 0.381. The van der Waals surface area contributed by atoms with Crippen LogP contribution in [0.4, 0.5) is 44.7 Å². The smallest absolute Gasteiger partial charge is 0.200 e. The van der Waals surface area contributed by atoms with Crippen molar-refractivity contribution in [3.8, 4) is 61.8 Å². The van der Waals surface area contributed by atoms with Crippen molar-refractivity contribution in [2.75, 3.05) is 16.5 Å². The monoisotopic (exact) mass is 1040 g/mol. The number of anilines is 4. The van der Waals surface area contributed by atoms with Gasteiger partial charge in [0.05, 0.1) is 33.7 Å². The van der Waals surface area contributed by atoms with Crippen LogP contribution >= 0.6 is 0 Å². The van der Waals surface area contributed by atoms with Crippen molar-refractivity contribution >= 4 is 44.6 Å². The summed E-state index contributed by atoms with van der Waals surface area (Å²) < 4.78 is 86.3. The zero-order chi connectivity index (χ0) is 54.2. The number of halogens is 5. The molecule has 9 aromatic carbocycles. The third kappa shape index (κ3) is 8.80. The Bertz CT molecular complexity index is 4050. The first kappa shape index (κ1) is 49.8. The van der Waals surface area contributed by atoms with E-state index in [0.717, 1.165) is 72.3 Å². The molecule has 1 aliphatic rings. The van der Waals surface area contributed by atoms with Crippen LogP contribution < -0.4 is 14.5 Å². The van der Waals surface area contributed by atoms with Crippen LogP contribution in [0.3, 0.4) is 0 Å². The topological polar surface area (TPSA) is 33.5 Å². The van der Waals surface area contributed by atoms with E-state index in [1.165, 1.54) is 6.07 Å². The Labute approximate surface area is 450 Å². The third-order valence-electron chi connectivity index (χ3n) is 14.7. The summed E-state index contributed by atoms with van der Waals surface area (Å²) in [4.78, 5) is 8.89. The Morgan fingerprint density at radius 2 is 1.00 bits per heavy atom. The van der Waals surface area contributed by atoms with Gasteiger partial charge in [0.1, 0.15) is 24.0 Å². The Balaban J connectivity index is 1.06. The molecule has 5 nitrogen and oxygen atoms in total. The molecule has 1 aliphatic heterocycles. The molecule has 0 aliphatic carbocycles. The zero-order valence-electron chi connectivity index (χ0n) is 43.8. The molecule has 0 fully saturated rings. The zero-order valence-corrected chi connectivity index (χ0v) is 43.8. The predicted molar refractivity (Wildman–Crippen MR) is 306 cm³/mol. The fourth-order valence-corrected chi connectivity index (χ4v) is 10.9. The molecule has 386 valence electrons. The van der Waals surface area contributed by atoms with E-state index in [0.29, 0.717) is 34.1 Å². The molecular weight excluding hydrogens is 984 g/mol.